The van der Waals surface area contributed by atoms with Crippen LogP contribution < -0.4 is 20.1 Å². The van der Waals surface area contributed by atoms with Crippen LogP contribution in [0.3, 0.4) is 0 Å². The van der Waals surface area contributed by atoms with Gasteiger partial charge in [-0.15, -0.1) is 0 Å². The molecule has 2 aliphatic rings. The first-order valence-corrected chi connectivity index (χ1v) is 8.20. The molecule has 1 atom stereocenters. The van der Waals surface area contributed by atoms with E-state index in [1.165, 1.54) is 0 Å². The first kappa shape index (κ1) is 15.9. The topological polar surface area (TPSA) is 76.7 Å². The molecular weight excluding hydrogens is 320 g/mol. The quantitative estimate of drug-likeness (QED) is 0.863. The number of benzene rings is 1. The van der Waals surface area contributed by atoms with Gasteiger partial charge < -0.3 is 20.1 Å². The van der Waals surface area contributed by atoms with E-state index in [9.17, 15) is 9.59 Å². The van der Waals surface area contributed by atoms with Crippen LogP contribution in [0.15, 0.2) is 12.1 Å². The molecule has 2 N–H and O–H groups in total. The van der Waals surface area contributed by atoms with Crippen molar-refractivity contribution in [2.45, 2.75) is 31.7 Å². The highest BCUT2D eigenvalue weighted by atomic mass is 35.5. The van der Waals surface area contributed by atoms with Gasteiger partial charge in [0, 0.05) is 18.5 Å². The molecule has 2 aliphatic heterocycles. The Morgan fingerprint density at radius 3 is 2.91 bits per heavy atom. The lowest BCUT2D eigenvalue weighted by Gasteiger charge is -2.16. The molecule has 1 fully saturated rings. The second-order valence-electron chi connectivity index (χ2n) is 5.65. The Bertz CT molecular complexity index is 620. The molecular formula is C16H19ClN2O4. The van der Waals surface area contributed by atoms with E-state index in [1.807, 2.05) is 0 Å². The van der Waals surface area contributed by atoms with E-state index in [1.54, 1.807) is 12.1 Å². The third-order valence-corrected chi connectivity index (χ3v) is 4.19. The molecule has 2 heterocycles. The van der Waals surface area contributed by atoms with Crippen molar-refractivity contribution in [1.82, 2.24) is 10.6 Å². The second kappa shape index (κ2) is 7.08. The number of carbonyl (C=O) groups is 2. The molecule has 0 bridgehead atoms. The summed E-state index contributed by atoms with van der Waals surface area (Å²) in [5.74, 6) is 0.444. The number of amides is 2. The van der Waals surface area contributed by atoms with Crippen LogP contribution in [0, 0.1) is 0 Å². The molecule has 6 nitrogen and oxygen atoms in total. The average Bonchev–Trinajstić information content (AvgIpc) is 2.88. The summed E-state index contributed by atoms with van der Waals surface area (Å²) < 4.78 is 11.1. The van der Waals surface area contributed by atoms with E-state index in [-0.39, 0.29) is 11.8 Å². The number of fused-ring (bicyclic) bond motifs is 1. The molecule has 124 valence electrons. The molecule has 0 spiro atoms. The highest BCUT2D eigenvalue weighted by Crippen LogP contribution is 2.38. The Kier molecular flexibility index (Phi) is 4.91. The normalized spacial score (nSPS) is 20.9. The van der Waals surface area contributed by atoms with Gasteiger partial charge in [0.15, 0.2) is 11.5 Å². The van der Waals surface area contributed by atoms with Crippen molar-refractivity contribution in [3.8, 4) is 11.5 Å². The molecule has 1 saturated heterocycles. The van der Waals surface area contributed by atoms with E-state index < -0.39 is 6.04 Å². The van der Waals surface area contributed by atoms with Gasteiger partial charge in [0.05, 0.1) is 18.2 Å². The lowest BCUT2D eigenvalue weighted by molar-refractivity contribution is -0.122. The van der Waals surface area contributed by atoms with Gasteiger partial charge in [-0.1, -0.05) is 11.6 Å². The summed E-state index contributed by atoms with van der Waals surface area (Å²) in [6, 6.07) is 2.63. The van der Waals surface area contributed by atoms with Crippen molar-refractivity contribution in [3.63, 3.8) is 0 Å². The smallest absolute Gasteiger partial charge is 0.252 e. The fourth-order valence-corrected chi connectivity index (χ4v) is 2.95. The van der Waals surface area contributed by atoms with Crippen molar-refractivity contribution in [2.24, 2.45) is 0 Å². The van der Waals surface area contributed by atoms with Gasteiger partial charge in [0.25, 0.3) is 5.91 Å². The Morgan fingerprint density at radius 2 is 2.04 bits per heavy atom. The third kappa shape index (κ3) is 3.69. The van der Waals surface area contributed by atoms with Crippen LogP contribution in [0.2, 0.25) is 5.02 Å². The van der Waals surface area contributed by atoms with Crippen molar-refractivity contribution < 1.29 is 19.1 Å². The molecule has 1 aromatic carbocycles. The first-order chi connectivity index (χ1) is 11.1. The molecule has 0 aromatic heterocycles. The van der Waals surface area contributed by atoms with Crippen LogP contribution in [0.1, 0.15) is 36.0 Å². The van der Waals surface area contributed by atoms with Crippen molar-refractivity contribution in [2.75, 3.05) is 19.8 Å². The average molecular weight is 339 g/mol. The zero-order valence-corrected chi connectivity index (χ0v) is 13.4. The van der Waals surface area contributed by atoms with E-state index in [0.717, 1.165) is 19.3 Å². The van der Waals surface area contributed by atoms with Crippen molar-refractivity contribution in [1.29, 1.82) is 0 Å². The molecule has 0 radical (unpaired) electrons. The predicted octanol–water partition coefficient (Wildman–Crippen LogP) is 1.90. The van der Waals surface area contributed by atoms with E-state index in [0.29, 0.717) is 48.3 Å². The minimum atomic E-state index is -0.514. The summed E-state index contributed by atoms with van der Waals surface area (Å²) >= 11 is 6.20. The minimum absolute atomic E-state index is 0.142. The number of halogens is 1. The Morgan fingerprint density at radius 1 is 1.22 bits per heavy atom. The Hall–Kier alpha value is -1.95. The van der Waals surface area contributed by atoms with Crippen LogP contribution >= 0.6 is 11.6 Å². The molecule has 7 heteroatoms. The molecule has 0 saturated carbocycles. The van der Waals surface area contributed by atoms with Gasteiger partial charge >= 0.3 is 0 Å². The van der Waals surface area contributed by atoms with Crippen LogP contribution in [0.25, 0.3) is 0 Å². The summed E-state index contributed by atoms with van der Waals surface area (Å²) in [6.07, 6.45) is 3.21. The van der Waals surface area contributed by atoms with Gasteiger partial charge in [0.1, 0.15) is 6.04 Å². The monoisotopic (exact) mass is 338 g/mol. The van der Waals surface area contributed by atoms with Gasteiger partial charge in [-0.05, 0) is 31.4 Å². The van der Waals surface area contributed by atoms with Crippen LogP contribution in [0.4, 0.5) is 0 Å². The Labute approximate surface area is 139 Å². The summed E-state index contributed by atoms with van der Waals surface area (Å²) in [7, 11) is 0. The Balaban J connectivity index is 1.78. The van der Waals surface area contributed by atoms with Gasteiger partial charge in [-0.3, -0.25) is 9.59 Å². The fourth-order valence-electron chi connectivity index (χ4n) is 2.68. The predicted molar refractivity (Wildman–Crippen MR) is 85.2 cm³/mol. The lowest BCUT2D eigenvalue weighted by Crippen LogP contribution is -2.45. The standard InChI is InChI=1S/C16H19ClN2O4/c17-11-8-10(9-13-14(11)23-7-3-6-22-13)15(20)19-12-4-1-2-5-18-16(12)21/h8-9,12H,1-7H2,(H,18,21)(H,19,20)/t12-/m1/s1. The summed E-state index contributed by atoms with van der Waals surface area (Å²) in [5, 5.41) is 5.90. The summed E-state index contributed by atoms with van der Waals surface area (Å²) in [6.45, 7) is 1.70. The third-order valence-electron chi connectivity index (χ3n) is 3.90. The fraction of sp³-hybridized carbons (Fsp3) is 0.500. The SMILES string of the molecule is O=C(N[C@@H]1CCCCNC1=O)c1cc(Cl)c2c(c1)OCCCO2. The number of rotatable bonds is 2. The maximum absolute atomic E-state index is 12.4. The molecule has 3 rings (SSSR count). The minimum Gasteiger partial charge on any atom is -0.489 e. The van der Waals surface area contributed by atoms with Gasteiger partial charge in [-0.25, -0.2) is 0 Å². The van der Waals surface area contributed by atoms with Crippen molar-refractivity contribution in [3.05, 3.63) is 22.7 Å². The molecule has 0 aliphatic carbocycles. The van der Waals surface area contributed by atoms with Gasteiger partial charge in [-0.2, -0.15) is 0 Å². The maximum atomic E-state index is 12.4. The number of hydrogen-bond acceptors (Lipinski definition) is 4. The molecule has 0 unspecified atom stereocenters. The number of nitrogens with one attached hydrogen (secondary N) is 2. The van der Waals surface area contributed by atoms with E-state index in [4.69, 9.17) is 21.1 Å². The molecule has 1 aromatic rings. The second-order valence-corrected chi connectivity index (χ2v) is 6.06. The number of hydrogen-bond donors (Lipinski definition) is 2. The summed E-state index contributed by atoms with van der Waals surface area (Å²) in [5.41, 5.74) is 0.358. The van der Waals surface area contributed by atoms with E-state index in [2.05, 4.69) is 10.6 Å². The van der Waals surface area contributed by atoms with Gasteiger partial charge in [0.2, 0.25) is 5.91 Å². The first-order valence-electron chi connectivity index (χ1n) is 7.83. The molecule has 2 amide bonds. The summed E-state index contributed by atoms with van der Waals surface area (Å²) in [4.78, 5) is 24.4. The largest absolute Gasteiger partial charge is 0.489 e. The zero-order valence-electron chi connectivity index (χ0n) is 12.7. The zero-order chi connectivity index (χ0) is 16.2. The maximum Gasteiger partial charge on any atom is 0.252 e. The highest BCUT2D eigenvalue weighted by Gasteiger charge is 2.24. The van der Waals surface area contributed by atoms with Crippen molar-refractivity contribution >= 4 is 23.4 Å². The van der Waals surface area contributed by atoms with Crippen LogP contribution in [-0.4, -0.2) is 37.6 Å². The van der Waals surface area contributed by atoms with E-state index >= 15 is 0 Å². The number of carbonyl (C=O) groups excluding carboxylic acids is 2. The highest BCUT2D eigenvalue weighted by molar-refractivity contribution is 6.32. The molecule has 23 heavy (non-hydrogen) atoms. The van der Waals surface area contributed by atoms with Crippen LogP contribution in [-0.2, 0) is 4.79 Å². The number of ether oxygens (including phenoxy) is 2. The lowest BCUT2D eigenvalue weighted by atomic mass is 10.1. The van der Waals surface area contributed by atoms with Crippen LogP contribution in [0.5, 0.6) is 11.5 Å².